The third kappa shape index (κ3) is 8.58. The largest absolute Gasteiger partial charge is 0.508 e. The Morgan fingerprint density at radius 3 is 1.08 bits per heavy atom. The summed E-state index contributed by atoms with van der Waals surface area (Å²) in [4.78, 5) is 20.9. The number of rotatable bonds is 6. The standard InChI is InChI=1S/C22H38O2.C8H6O4/c1-19(2,3)13-21(7,8)17-15(23)11-12-16(24)18(17)22(9,10)14-20(4,5)6;9-7(10)5-3-1-2-4-6(5)8(11)12/h11-12,23-24H,13-14H2,1-10H3;1-4H,(H,9,10)(H,11,12). The highest BCUT2D eigenvalue weighted by Gasteiger charge is 2.39. The number of phenols is 2. The second kappa shape index (κ2) is 10.9. The third-order valence-electron chi connectivity index (χ3n) is 5.85. The number of carboxylic acid groups (broad SMARTS) is 2. The summed E-state index contributed by atoms with van der Waals surface area (Å²) in [7, 11) is 0. The van der Waals surface area contributed by atoms with E-state index < -0.39 is 11.9 Å². The molecule has 0 bridgehead atoms. The Balaban J connectivity index is 0.000000450. The SMILES string of the molecule is CC(C)(C)CC(C)(C)c1c(O)ccc(O)c1C(C)(C)CC(C)(C)C.O=C(O)c1ccccc1C(=O)O. The van der Waals surface area contributed by atoms with Crippen LogP contribution in [-0.4, -0.2) is 32.4 Å². The van der Waals surface area contributed by atoms with E-state index in [4.69, 9.17) is 10.2 Å². The van der Waals surface area contributed by atoms with Gasteiger partial charge in [-0.25, -0.2) is 9.59 Å². The molecule has 0 amide bonds. The van der Waals surface area contributed by atoms with Crippen molar-refractivity contribution in [3.63, 3.8) is 0 Å². The molecule has 6 heteroatoms. The number of hydrogen-bond acceptors (Lipinski definition) is 4. The summed E-state index contributed by atoms with van der Waals surface area (Å²) in [5.41, 5.74) is 1.21. The molecule has 0 heterocycles. The van der Waals surface area contributed by atoms with Gasteiger partial charge in [0.1, 0.15) is 11.5 Å². The minimum absolute atomic E-state index is 0.132. The van der Waals surface area contributed by atoms with Crippen molar-refractivity contribution < 1.29 is 30.0 Å². The lowest BCUT2D eigenvalue weighted by molar-refractivity contribution is 0.0651. The molecule has 4 N–H and O–H groups in total. The molecule has 36 heavy (non-hydrogen) atoms. The molecule has 0 aromatic heterocycles. The minimum atomic E-state index is -1.23. The zero-order valence-electron chi connectivity index (χ0n) is 23.5. The molecular weight excluding hydrogens is 456 g/mol. The molecule has 0 aliphatic heterocycles. The predicted octanol–water partition coefficient (Wildman–Crippen LogP) is 7.61. The number of hydrogen-bond donors (Lipinski definition) is 4. The first-order chi connectivity index (χ1) is 16.1. The van der Waals surface area contributed by atoms with Gasteiger partial charge in [0.2, 0.25) is 0 Å². The number of aromatic carboxylic acids is 2. The molecule has 0 spiro atoms. The maximum atomic E-state index is 10.7. The Morgan fingerprint density at radius 2 is 0.861 bits per heavy atom. The second-order valence-electron chi connectivity index (χ2n) is 13.3. The van der Waals surface area contributed by atoms with Crippen LogP contribution in [0.25, 0.3) is 0 Å². The summed E-state index contributed by atoms with van der Waals surface area (Å²) in [6.45, 7) is 22.0. The van der Waals surface area contributed by atoms with E-state index in [1.807, 2.05) is 0 Å². The first kappa shape index (κ1) is 31.0. The van der Waals surface area contributed by atoms with E-state index in [9.17, 15) is 19.8 Å². The molecule has 0 fully saturated rings. The molecule has 0 aliphatic rings. The first-order valence-electron chi connectivity index (χ1n) is 12.2. The van der Waals surface area contributed by atoms with Gasteiger partial charge in [0.05, 0.1) is 11.1 Å². The molecule has 2 aromatic rings. The number of phenolic OH excluding ortho intramolecular Hbond substituents is 2. The van der Waals surface area contributed by atoms with Gasteiger partial charge >= 0.3 is 11.9 Å². The lowest BCUT2D eigenvalue weighted by atomic mass is 9.64. The van der Waals surface area contributed by atoms with E-state index in [1.54, 1.807) is 12.1 Å². The number of benzene rings is 2. The number of aromatic hydroxyl groups is 2. The van der Waals surface area contributed by atoms with Crippen molar-refractivity contribution in [2.24, 2.45) is 10.8 Å². The third-order valence-corrected chi connectivity index (χ3v) is 5.85. The van der Waals surface area contributed by atoms with Gasteiger partial charge in [-0.05, 0) is 58.8 Å². The summed E-state index contributed by atoms with van der Waals surface area (Å²) in [5, 5.41) is 38.5. The summed E-state index contributed by atoms with van der Waals surface area (Å²) in [6, 6.07) is 8.74. The summed E-state index contributed by atoms with van der Waals surface area (Å²) >= 11 is 0. The van der Waals surface area contributed by atoms with Gasteiger partial charge < -0.3 is 20.4 Å². The highest BCUT2D eigenvalue weighted by atomic mass is 16.4. The van der Waals surface area contributed by atoms with Gasteiger partial charge in [0.25, 0.3) is 0 Å². The molecular formula is C30H44O6. The molecule has 0 radical (unpaired) electrons. The van der Waals surface area contributed by atoms with Crippen LogP contribution < -0.4 is 0 Å². The zero-order valence-corrected chi connectivity index (χ0v) is 23.5. The van der Waals surface area contributed by atoms with Crippen LogP contribution in [0.5, 0.6) is 11.5 Å². The fraction of sp³-hybridized carbons (Fsp3) is 0.533. The van der Waals surface area contributed by atoms with Crippen molar-refractivity contribution >= 4 is 11.9 Å². The van der Waals surface area contributed by atoms with E-state index >= 15 is 0 Å². The van der Waals surface area contributed by atoms with Gasteiger partial charge in [-0.15, -0.1) is 0 Å². The number of carboxylic acids is 2. The maximum Gasteiger partial charge on any atom is 0.336 e. The second-order valence-corrected chi connectivity index (χ2v) is 13.3. The van der Waals surface area contributed by atoms with E-state index in [1.165, 1.54) is 24.3 Å². The lowest BCUT2D eigenvalue weighted by Gasteiger charge is -2.40. The van der Waals surface area contributed by atoms with Gasteiger partial charge in [0, 0.05) is 11.1 Å². The Hall–Kier alpha value is -3.02. The minimum Gasteiger partial charge on any atom is -0.508 e. The fourth-order valence-corrected chi connectivity index (χ4v) is 5.64. The molecule has 0 atom stereocenters. The molecule has 0 unspecified atom stereocenters. The molecule has 0 saturated heterocycles. The van der Waals surface area contributed by atoms with Crippen molar-refractivity contribution in [3.05, 3.63) is 58.7 Å². The van der Waals surface area contributed by atoms with Crippen LogP contribution >= 0.6 is 0 Å². The highest BCUT2D eigenvalue weighted by molar-refractivity contribution is 6.01. The number of carbonyl (C=O) groups is 2. The van der Waals surface area contributed by atoms with E-state index in [2.05, 4.69) is 69.2 Å². The Labute approximate surface area is 216 Å². The Kier molecular flexibility index (Phi) is 9.42. The van der Waals surface area contributed by atoms with Crippen LogP contribution in [0.1, 0.15) is 114 Å². The van der Waals surface area contributed by atoms with Gasteiger partial charge in [-0.2, -0.15) is 0 Å². The van der Waals surface area contributed by atoms with Crippen LogP contribution in [0.3, 0.4) is 0 Å². The first-order valence-corrected chi connectivity index (χ1v) is 12.2. The van der Waals surface area contributed by atoms with Crippen LogP contribution in [0.15, 0.2) is 36.4 Å². The van der Waals surface area contributed by atoms with Crippen molar-refractivity contribution in [1.82, 2.24) is 0 Å². The fourth-order valence-electron chi connectivity index (χ4n) is 5.64. The average molecular weight is 501 g/mol. The molecule has 0 saturated carbocycles. The highest BCUT2D eigenvalue weighted by Crippen LogP contribution is 2.50. The zero-order chi connectivity index (χ0) is 28.3. The van der Waals surface area contributed by atoms with Crippen LogP contribution in [0, 0.1) is 10.8 Å². The molecule has 0 aliphatic carbocycles. The molecule has 2 rings (SSSR count). The normalized spacial score (nSPS) is 12.5. The van der Waals surface area contributed by atoms with Gasteiger partial charge in [0.15, 0.2) is 0 Å². The van der Waals surface area contributed by atoms with Crippen molar-refractivity contribution in [3.8, 4) is 11.5 Å². The van der Waals surface area contributed by atoms with E-state index in [-0.39, 0.29) is 32.8 Å². The summed E-state index contributed by atoms with van der Waals surface area (Å²) in [5.74, 6) is -1.88. The summed E-state index contributed by atoms with van der Waals surface area (Å²) < 4.78 is 0. The monoisotopic (exact) mass is 500 g/mol. The van der Waals surface area contributed by atoms with Crippen LogP contribution in [-0.2, 0) is 10.8 Å². The maximum absolute atomic E-state index is 10.7. The van der Waals surface area contributed by atoms with Crippen molar-refractivity contribution in [1.29, 1.82) is 0 Å². The Morgan fingerprint density at radius 1 is 0.583 bits per heavy atom. The predicted molar refractivity (Wildman–Crippen MR) is 144 cm³/mol. The average Bonchev–Trinajstić information content (AvgIpc) is 2.66. The topological polar surface area (TPSA) is 115 Å². The quantitative estimate of drug-likeness (QED) is 0.303. The molecule has 2 aromatic carbocycles. The van der Waals surface area contributed by atoms with E-state index in [0.29, 0.717) is 11.5 Å². The van der Waals surface area contributed by atoms with Crippen LogP contribution in [0.4, 0.5) is 0 Å². The molecule has 6 nitrogen and oxygen atoms in total. The Bertz CT molecular complexity index is 996. The van der Waals surface area contributed by atoms with Gasteiger partial charge in [-0.3, -0.25) is 0 Å². The lowest BCUT2D eigenvalue weighted by Crippen LogP contribution is -2.32. The smallest absolute Gasteiger partial charge is 0.336 e. The van der Waals surface area contributed by atoms with Gasteiger partial charge in [-0.1, -0.05) is 81.4 Å². The van der Waals surface area contributed by atoms with Crippen molar-refractivity contribution in [2.75, 3.05) is 0 Å². The van der Waals surface area contributed by atoms with Crippen LogP contribution in [0.2, 0.25) is 0 Å². The summed E-state index contributed by atoms with van der Waals surface area (Å²) in [6.07, 6.45) is 1.85. The van der Waals surface area contributed by atoms with Crippen molar-refractivity contribution in [2.45, 2.75) is 92.9 Å². The van der Waals surface area contributed by atoms with E-state index in [0.717, 1.165) is 24.0 Å². The molecule has 200 valence electrons.